The van der Waals surface area contributed by atoms with Gasteiger partial charge in [0.05, 0.1) is 5.38 Å². The van der Waals surface area contributed by atoms with E-state index in [9.17, 15) is 0 Å². The third-order valence-electron chi connectivity index (χ3n) is 3.72. The molecule has 0 bridgehead atoms. The molecule has 0 aliphatic rings. The van der Waals surface area contributed by atoms with Crippen molar-refractivity contribution >= 4 is 11.6 Å². The van der Waals surface area contributed by atoms with Gasteiger partial charge >= 0.3 is 0 Å². The van der Waals surface area contributed by atoms with Gasteiger partial charge in [-0.15, -0.1) is 11.6 Å². The summed E-state index contributed by atoms with van der Waals surface area (Å²) in [6, 6.07) is 0. The van der Waals surface area contributed by atoms with Crippen LogP contribution in [0.15, 0.2) is 12.2 Å². The van der Waals surface area contributed by atoms with Gasteiger partial charge in [-0.1, -0.05) is 59.6 Å². The molecule has 0 rings (SSSR count). The minimum atomic E-state index is 0.167. The summed E-state index contributed by atoms with van der Waals surface area (Å²) in [7, 11) is 0. The van der Waals surface area contributed by atoms with Gasteiger partial charge in [-0.2, -0.15) is 0 Å². The van der Waals surface area contributed by atoms with Gasteiger partial charge < -0.3 is 0 Å². The quantitative estimate of drug-likeness (QED) is 0.374. The number of rotatable bonds is 8. The van der Waals surface area contributed by atoms with E-state index in [2.05, 4.69) is 41.2 Å². The van der Waals surface area contributed by atoms with Crippen LogP contribution in [0.5, 0.6) is 0 Å². The Hall–Kier alpha value is 0.0300. The van der Waals surface area contributed by atoms with Crippen LogP contribution in [0.3, 0.4) is 0 Å². The molecule has 16 heavy (non-hydrogen) atoms. The summed E-state index contributed by atoms with van der Waals surface area (Å²) < 4.78 is 0. The van der Waals surface area contributed by atoms with Crippen molar-refractivity contribution in [1.29, 1.82) is 0 Å². The molecule has 0 saturated heterocycles. The number of alkyl halides is 1. The van der Waals surface area contributed by atoms with Crippen molar-refractivity contribution in [2.24, 2.45) is 11.3 Å². The van der Waals surface area contributed by atoms with Gasteiger partial charge in [0, 0.05) is 0 Å². The number of hydrogen-bond acceptors (Lipinski definition) is 0. The Morgan fingerprint density at radius 1 is 1.25 bits per heavy atom. The Labute approximate surface area is 107 Å². The molecular weight excluding hydrogens is 216 g/mol. The molecule has 0 aromatic heterocycles. The molecule has 1 unspecified atom stereocenters. The fraction of sp³-hybridized carbons (Fsp3) is 0.867. The lowest BCUT2D eigenvalue weighted by Gasteiger charge is -2.26. The molecule has 0 radical (unpaired) electrons. The van der Waals surface area contributed by atoms with Gasteiger partial charge in [0.2, 0.25) is 0 Å². The molecule has 0 aliphatic heterocycles. The van der Waals surface area contributed by atoms with Gasteiger partial charge in [0.1, 0.15) is 0 Å². The van der Waals surface area contributed by atoms with Crippen molar-refractivity contribution < 1.29 is 0 Å². The summed E-state index contributed by atoms with van der Waals surface area (Å²) >= 11 is 6.40. The zero-order valence-corrected chi connectivity index (χ0v) is 12.5. The van der Waals surface area contributed by atoms with Crippen molar-refractivity contribution in [3.63, 3.8) is 0 Å². The number of allylic oxidation sites excluding steroid dienone is 1. The van der Waals surface area contributed by atoms with E-state index in [0.29, 0.717) is 5.41 Å². The number of hydrogen-bond donors (Lipinski definition) is 0. The monoisotopic (exact) mass is 244 g/mol. The first-order chi connectivity index (χ1) is 7.32. The maximum absolute atomic E-state index is 6.40. The van der Waals surface area contributed by atoms with Crippen LogP contribution in [-0.4, -0.2) is 5.38 Å². The Morgan fingerprint density at radius 3 is 2.25 bits per heavy atom. The maximum atomic E-state index is 6.40. The third-order valence-corrected chi connectivity index (χ3v) is 4.24. The topological polar surface area (TPSA) is 0 Å². The molecule has 0 saturated carbocycles. The fourth-order valence-corrected chi connectivity index (χ4v) is 1.89. The van der Waals surface area contributed by atoms with Gasteiger partial charge in [-0.25, -0.2) is 0 Å². The van der Waals surface area contributed by atoms with E-state index in [1.165, 1.54) is 24.8 Å². The summed E-state index contributed by atoms with van der Waals surface area (Å²) in [6.07, 6.45) is 5.78. The van der Waals surface area contributed by atoms with Gasteiger partial charge in [-0.05, 0) is 30.6 Å². The van der Waals surface area contributed by atoms with E-state index in [0.717, 1.165) is 18.8 Å². The SMILES string of the molecule is C=C(CC(C)(C)CC)C(Cl)CC[C@@H](C)CC. The first kappa shape index (κ1) is 16.0. The average Bonchev–Trinajstić information content (AvgIpc) is 2.24. The van der Waals surface area contributed by atoms with E-state index in [1.807, 2.05) is 0 Å². The molecule has 0 heterocycles. The highest BCUT2D eigenvalue weighted by molar-refractivity contribution is 6.22. The number of halogens is 1. The first-order valence-corrected chi connectivity index (χ1v) is 7.07. The van der Waals surface area contributed by atoms with Crippen molar-refractivity contribution in [2.75, 3.05) is 0 Å². The van der Waals surface area contributed by atoms with Crippen molar-refractivity contribution in [3.05, 3.63) is 12.2 Å². The van der Waals surface area contributed by atoms with E-state index in [1.54, 1.807) is 0 Å². The lowest BCUT2D eigenvalue weighted by atomic mass is 9.82. The summed E-state index contributed by atoms with van der Waals surface area (Å²) in [5.41, 5.74) is 1.57. The minimum Gasteiger partial charge on any atom is -0.118 e. The van der Waals surface area contributed by atoms with Crippen LogP contribution in [-0.2, 0) is 0 Å². The Morgan fingerprint density at radius 2 is 1.81 bits per heavy atom. The molecule has 0 aliphatic carbocycles. The zero-order valence-electron chi connectivity index (χ0n) is 11.8. The molecule has 0 amide bonds. The smallest absolute Gasteiger partial charge is 0.0542 e. The van der Waals surface area contributed by atoms with Gasteiger partial charge in [0.25, 0.3) is 0 Å². The van der Waals surface area contributed by atoms with Gasteiger partial charge in [0.15, 0.2) is 0 Å². The summed E-state index contributed by atoms with van der Waals surface area (Å²) in [5.74, 6) is 0.785. The van der Waals surface area contributed by atoms with E-state index in [4.69, 9.17) is 11.6 Å². The van der Waals surface area contributed by atoms with Crippen LogP contribution >= 0.6 is 11.6 Å². The Balaban J connectivity index is 4.00. The van der Waals surface area contributed by atoms with Crippen LogP contribution in [0, 0.1) is 11.3 Å². The molecule has 0 fully saturated rings. The summed E-state index contributed by atoms with van der Waals surface area (Å²) in [4.78, 5) is 0. The molecule has 1 heteroatoms. The van der Waals surface area contributed by atoms with Crippen molar-refractivity contribution in [3.8, 4) is 0 Å². The van der Waals surface area contributed by atoms with Crippen LogP contribution in [0.1, 0.15) is 66.7 Å². The second-order valence-electron chi connectivity index (χ2n) is 5.91. The first-order valence-electron chi connectivity index (χ1n) is 6.64. The molecule has 2 atom stereocenters. The largest absolute Gasteiger partial charge is 0.118 e. The van der Waals surface area contributed by atoms with Crippen LogP contribution in [0.25, 0.3) is 0 Å². The highest BCUT2D eigenvalue weighted by atomic mass is 35.5. The molecule has 96 valence electrons. The van der Waals surface area contributed by atoms with E-state index in [-0.39, 0.29) is 5.38 Å². The van der Waals surface area contributed by atoms with Crippen LogP contribution in [0.2, 0.25) is 0 Å². The van der Waals surface area contributed by atoms with Crippen molar-refractivity contribution in [2.45, 2.75) is 72.1 Å². The normalized spacial score (nSPS) is 15.9. The van der Waals surface area contributed by atoms with E-state index >= 15 is 0 Å². The third kappa shape index (κ3) is 6.58. The highest BCUT2D eigenvalue weighted by Gasteiger charge is 2.20. The molecule has 0 nitrogen and oxygen atoms in total. The van der Waals surface area contributed by atoms with Crippen LogP contribution < -0.4 is 0 Å². The Kier molecular flexibility index (Phi) is 7.39. The molecule has 0 aromatic rings. The zero-order chi connectivity index (χ0) is 12.8. The van der Waals surface area contributed by atoms with Crippen LogP contribution in [0.4, 0.5) is 0 Å². The lowest BCUT2D eigenvalue weighted by molar-refractivity contribution is 0.343. The molecule has 0 spiro atoms. The molecule has 0 aromatic carbocycles. The standard InChI is InChI=1S/C15H29Cl/c1-7-12(3)9-10-14(16)13(4)11-15(5,6)8-2/h12,14H,4,7-11H2,1-3,5-6H3/t12-,14?/m0/s1. The lowest BCUT2D eigenvalue weighted by Crippen LogP contribution is -2.15. The predicted octanol–water partition coefficient (Wildman–Crippen LogP) is 5.80. The van der Waals surface area contributed by atoms with E-state index < -0.39 is 0 Å². The fourth-order valence-electron chi connectivity index (χ4n) is 1.69. The maximum Gasteiger partial charge on any atom is 0.0542 e. The van der Waals surface area contributed by atoms with Gasteiger partial charge in [-0.3, -0.25) is 0 Å². The predicted molar refractivity (Wildman–Crippen MR) is 76.2 cm³/mol. The Bertz CT molecular complexity index is 205. The average molecular weight is 245 g/mol. The molecule has 0 N–H and O–H groups in total. The van der Waals surface area contributed by atoms with Crippen molar-refractivity contribution in [1.82, 2.24) is 0 Å². The second kappa shape index (κ2) is 7.37. The summed E-state index contributed by atoms with van der Waals surface area (Å²) in [6.45, 7) is 15.5. The highest BCUT2D eigenvalue weighted by Crippen LogP contribution is 2.32. The minimum absolute atomic E-state index is 0.167. The molecular formula is C15H29Cl. The summed E-state index contributed by atoms with van der Waals surface area (Å²) in [5, 5.41) is 0.167. The second-order valence-corrected chi connectivity index (χ2v) is 6.44.